The molecule has 0 amide bonds. The monoisotopic (exact) mass is 271 g/mol. The Morgan fingerprint density at radius 3 is 2.37 bits per heavy atom. The van der Waals surface area contributed by atoms with Crippen molar-refractivity contribution >= 4 is 0 Å². The number of methoxy groups -OCH3 is 1. The zero-order chi connectivity index (χ0) is 14.3. The van der Waals surface area contributed by atoms with Crippen LogP contribution in [0.3, 0.4) is 0 Å². The zero-order valence-corrected chi connectivity index (χ0v) is 11.9. The fourth-order valence-electron chi connectivity index (χ4n) is 2.17. The van der Waals surface area contributed by atoms with E-state index in [1.807, 2.05) is 0 Å². The second-order valence-electron chi connectivity index (χ2n) is 4.89. The minimum absolute atomic E-state index is 0.0553. The Kier molecular flexibility index (Phi) is 6.95. The van der Waals surface area contributed by atoms with Gasteiger partial charge in [-0.15, -0.1) is 0 Å². The zero-order valence-electron chi connectivity index (χ0n) is 11.9. The van der Waals surface area contributed by atoms with Crippen molar-refractivity contribution < 1.29 is 13.5 Å². The molecule has 0 heterocycles. The Morgan fingerprint density at radius 1 is 1.21 bits per heavy atom. The third-order valence-electron chi connectivity index (χ3n) is 3.20. The average molecular weight is 271 g/mol. The van der Waals surface area contributed by atoms with E-state index in [1.165, 1.54) is 12.1 Å². The summed E-state index contributed by atoms with van der Waals surface area (Å²) in [6.45, 7) is 5.59. The Labute approximate surface area is 114 Å². The van der Waals surface area contributed by atoms with Crippen molar-refractivity contribution in [1.82, 2.24) is 5.32 Å². The van der Waals surface area contributed by atoms with Gasteiger partial charge in [-0.2, -0.15) is 0 Å². The van der Waals surface area contributed by atoms with E-state index in [-0.39, 0.29) is 12.0 Å². The predicted octanol–water partition coefficient (Wildman–Crippen LogP) is 3.68. The third-order valence-corrected chi connectivity index (χ3v) is 3.20. The van der Waals surface area contributed by atoms with E-state index in [4.69, 9.17) is 4.74 Å². The maximum Gasteiger partial charge on any atom is 0.126 e. The molecule has 19 heavy (non-hydrogen) atoms. The molecule has 1 aromatic rings. The first-order valence-corrected chi connectivity index (χ1v) is 6.76. The van der Waals surface area contributed by atoms with Crippen LogP contribution in [0.2, 0.25) is 0 Å². The summed E-state index contributed by atoms with van der Waals surface area (Å²) >= 11 is 0. The van der Waals surface area contributed by atoms with Crippen molar-refractivity contribution in [3.63, 3.8) is 0 Å². The molecular formula is C15H23F2NO. The molecule has 1 aromatic carbocycles. The van der Waals surface area contributed by atoms with Crippen LogP contribution < -0.4 is 5.32 Å². The van der Waals surface area contributed by atoms with E-state index in [0.717, 1.165) is 25.5 Å². The van der Waals surface area contributed by atoms with Crippen LogP contribution >= 0.6 is 0 Å². The molecule has 2 atom stereocenters. The summed E-state index contributed by atoms with van der Waals surface area (Å²) in [5.41, 5.74) is 0.662. The molecule has 0 aliphatic rings. The number of hydrogen-bond donors (Lipinski definition) is 1. The van der Waals surface area contributed by atoms with Gasteiger partial charge in [0.15, 0.2) is 0 Å². The minimum atomic E-state index is -0.530. The highest BCUT2D eigenvalue weighted by molar-refractivity contribution is 5.22. The lowest BCUT2D eigenvalue weighted by atomic mass is 9.92. The van der Waals surface area contributed by atoms with Gasteiger partial charge in [0.2, 0.25) is 0 Å². The van der Waals surface area contributed by atoms with Crippen molar-refractivity contribution in [1.29, 1.82) is 0 Å². The van der Waals surface area contributed by atoms with Gasteiger partial charge in [0, 0.05) is 25.8 Å². The normalized spacial score (nSPS) is 14.4. The van der Waals surface area contributed by atoms with E-state index in [2.05, 4.69) is 19.2 Å². The van der Waals surface area contributed by atoms with Crippen LogP contribution in [0, 0.1) is 17.6 Å². The van der Waals surface area contributed by atoms with Gasteiger partial charge in [0.1, 0.15) is 11.6 Å². The Morgan fingerprint density at radius 2 is 1.84 bits per heavy atom. The van der Waals surface area contributed by atoms with Crippen molar-refractivity contribution in [3.05, 3.63) is 35.4 Å². The summed E-state index contributed by atoms with van der Waals surface area (Å²) in [4.78, 5) is 0. The highest BCUT2D eigenvalue weighted by atomic mass is 19.1. The van der Waals surface area contributed by atoms with Crippen LogP contribution in [0.15, 0.2) is 18.2 Å². The molecule has 0 aliphatic carbocycles. The first kappa shape index (κ1) is 16.1. The molecule has 0 aliphatic heterocycles. The van der Waals surface area contributed by atoms with Crippen LogP contribution in [0.5, 0.6) is 0 Å². The van der Waals surface area contributed by atoms with Crippen LogP contribution in [-0.4, -0.2) is 20.3 Å². The summed E-state index contributed by atoms with van der Waals surface area (Å²) in [6.07, 6.45) is 1.82. The van der Waals surface area contributed by atoms with Gasteiger partial charge in [0.25, 0.3) is 0 Å². The number of halogens is 2. The number of hydrogen-bond acceptors (Lipinski definition) is 2. The number of nitrogens with one attached hydrogen (secondary N) is 1. The molecule has 0 aromatic heterocycles. The lowest BCUT2D eigenvalue weighted by Crippen LogP contribution is -2.28. The van der Waals surface area contributed by atoms with Crippen molar-refractivity contribution in [2.24, 2.45) is 5.92 Å². The molecule has 1 N–H and O–H groups in total. The first-order valence-electron chi connectivity index (χ1n) is 6.76. The van der Waals surface area contributed by atoms with Gasteiger partial charge < -0.3 is 10.1 Å². The largest absolute Gasteiger partial charge is 0.385 e. The molecule has 0 saturated heterocycles. The van der Waals surface area contributed by atoms with Crippen LogP contribution in [0.4, 0.5) is 8.78 Å². The van der Waals surface area contributed by atoms with E-state index >= 15 is 0 Å². The number of benzene rings is 1. The second-order valence-corrected chi connectivity index (χ2v) is 4.89. The SMILES string of the molecule is CCCNC(c1cc(F)cc(F)c1)C(C)CCOC. The van der Waals surface area contributed by atoms with Gasteiger partial charge in [-0.05, 0) is 43.0 Å². The summed E-state index contributed by atoms with van der Waals surface area (Å²) in [5, 5.41) is 3.36. The molecule has 0 bridgehead atoms. The highest BCUT2D eigenvalue weighted by Gasteiger charge is 2.19. The molecule has 1 rings (SSSR count). The maximum absolute atomic E-state index is 13.3. The molecule has 0 saturated carbocycles. The van der Waals surface area contributed by atoms with Crippen molar-refractivity contribution in [2.45, 2.75) is 32.7 Å². The summed E-state index contributed by atoms with van der Waals surface area (Å²) in [6, 6.07) is 3.65. The number of ether oxygens (including phenoxy) is 1. The van der Waals surface area contributed by atoms with Crippen LogP contribution in [-0.2, 0) is 4.74 Å². The smallest absolute Gasteiger partial charge is 0.126 e. The average Bonchev–Trinajstić information content (AvgIpc) is 2.35. The van der Waals surface area contributed by atoms with Crippen LogP contribution in [0.25, 0.3) is 0 Å². The lowest BCUT2D eigenvalue weighted by molar-refractivity contribution is 0.170. The topological polar surface area (TPSA) is 21.3 Å². The predicted molar refractivity (Wildman–Crippen MR) is 73.0 cm³/mol. The third kappa shape index (κ3) is 5.25. The summed E-state index contributed by atoms with van der Waals surface area (Å²) < 4.78 is 31.7. The number of rotatable bonds is 8. The van der Waals surface area contributed by atoms with Crippen LogP contribution in [0.1, 0.15) is 38.3 Å². The van der Waals surface area contributed by atoms with Gasteiger partial charge in [-0.1, -0.05) is 13.8 Å². The Hall–Kier alpha value is -1.00. The second kappa shape index (κ2) is 8.23. The van der Waals surface area contributed by atoms with Gasteiger partial charge in [-0.3, -0.25) is 0 Å². The van der Waals surface area contributed by atoms with Gasteiger partial charge >= 0.3 is 0 Å². The maximum atomic E-state index is 13.3. The van der Waals surface area contributed by atoms with E-state index < -0.39 is 11.6 Å². The molecule has 4 heteroatoms. The molecule has 2 unspecified atom stereocenters. The Bertz CT molecular complexity index is 364. The molecule has 0 fully saturated rings. The minimum Gasteiger partial charge on any atom is -0.385 e. The molecule has 0 radical (unpaired) electrons. The van der Waals surface area contributed by atoms with E-state index in [0.29, 0.717) is 12.2 Å². The lowest BCUT2D eigenvalue weighted by Gasteiger charge is -2.25. The molecular weight excluding hydrogens is 248 g/mol. The summed E-state index contributed by atoms with van der Waals surface area (Å²) in [7, 11) is 1.66. The summed E-state index contributed by atoms with van der Waals surface area (Å²) in [5.74, 6) is -0.817. The molecule has 0 spiro atoms. The molecule has 108 valence electrons. The highest BCUT2D eigenvalue weighted by Crippen LogP contribution is 2.26. The van der Waals surface area contributed by atoms with E-state index in [9.17, 15) is 8.78 Å². The fourth-order valence-corrected chi connectivity index (χ4v) is 2.17. The first-order chi connectivity index (χ1) is 9.08. The standard InChI is InChI=1S/C15H23F2NO/c1-4-6-18-15(11(2)5-7-19-3)12-8-13(16)10-14(17)9-12/h8-11,15,18H,4-7H2,1-3H3. The van der Waals surface area contributed by atoms with Crippen molar-refractivity contribution in [3.8, 4) is 0 Å². The Balaban J connectivity index is 2.87. The quantitative estimate of drug-likeness (QED) is 0.778. The van der Waals surface area contributed by atoms with Gasteiger partial charge in [0.05, 0.1) is 0 Å². The fraction of sp³-hybridized carbons (Fsp3) is 0.600. The van der Waals surface area contributed by atoms with Crippen molar-refractivity contribution in [2.75, 3.05) is 20.3 Å². The van der Waals surface area contributed by atoms with Gasteiger partial charge in [-0.25, -0.2) is 8.78 Å². The molecule has 2 nitrogen and oxygen atoms in total. The van der Waals surface area contributed by atoms with E-state index in [1.54, 1.807) is 7.11 Å².